The smallest absolute Gasteiger partial charge is 0.223 e. The van der Waals surface area contributed by atoms with Gasteiger partial charge in [0.2, 0.25) is 5.91 Å². The van der Waals surface area contributed by atoms with Gasteiger partial charge in [-0.15, -0.1) is 0 Å². The normalized spacial score (nSPS) is 14.9. The maximum atomic E-state index is 12.5. The molecule has 0 rings (SSSR count). The van der Waals surface area contributed by atoms with E-state index in [0.29, 0.717) is 12.3 Å². The van der Waals surface area contributed by atoms with Gasteiger partial charge < -0.3 is 11.1 Å². The fourth-order valence-corrected chi connectivity index (χ4v) is 3.37. The topological polar surface area (TPSA) is 72.2 Å². The van der Waals surface area contributed by atoms with Crippen LogP contribution >= 0.6 is 0 Å². The summed E-state index contributed by atoms with van der Waals surface area (Å²) in [6, 6.07) is 0. The predicted molar refractivity (Wildman–Crippen MR) is 92.5 cm³/mol. The maximum absolute atomic E-state index is 12.5. The average Bonchev–Trinajstić information content (AvgIpc) is 2.23. The first kappa shape index (κ1) is 21.1. The van der Waals surface area contributed by atoms with Crippen molar-refractivity contribution in [1.82, 2.24) is 5.32 Å². The van der Waals surface area contributed by atoms with Gasteiger partial charge in [-0.3, -0.25) is 9.59 Å². The molecule has 0 aliphatic carbocycles. The molecule has 1 amide bonds. The molecule has 0 aromatic heterocycles. The molecule has 0 aliphatic heterocycles. The Labute approximate surface area is 136 Å². The van der Waals surface area contributed by atoms with Gasteiger partial charge in [0, 0.05) is 16.9 Å². The van der Waals surface area contributed by atoms with Gasteiger partial charge in [0.15, 0.2) is 5.78 Å². The van der Waals surface area contributed by atoms with Gasteiger partial charge in [-0.05, 0) is 46.5 Å². The number of nitrogens with one attached hydrogen (secondary N) is 1. The van der Waals surface area contributed by atoms with E-state index in [4.69, 9.17) is 5.73 Å². The van der Waals surface area contributed by atoms with Crippen molar-refractivity contribution in [2.75, 3.05) is 0 Å². The number of carbonyl (C=O) groups excluding carboxylic acids is 2. The number of rotatable bonds is 8. The van der Waals surface area contributed by atoms with Crippen molar-refractivity contribution >= 4 is 11.7 Å². The highest BCUT2D eigenvalue weighted by atomic mass is 16.2. The lowest BCUT2D eigenvalue weighted by molar-refractivity contribution is -0.134. The van der Waals surface area contributed by atoms with E-state index in [1.807, 2.05) is 34.6 Å². The fourth-order valence-electron chi connectivity index (χ4n) is 3.37. The van der Waals surface area contributed by atoms with E-state index in [9.17, 15) is 9.59 Å². The summed E-state index contributed by atoms with van der Waals surface area (Å²) in [5.41, 5.74) is 4.05. The van der Waals surface area contributed by atoms with Crippen LogP contribution in [-0.2, 0) is 9.59 Å². The Balaban J connectivity index is 4.89. The highest BCUT2D eigenvalue weighted by Crippen LogP contribution is 2.32. The van der Waals surface area contributed by atoms with Gasteiger partial charge in [-0.25, -0.2) is 0 Å². The largest absolute Gasteiger partial charge is 0.351 e. The van der Waals surface area contributed by atoms with Crippen LogP contribution in [0.15, 0.2) is 0 Å². The SMILES string of the molecule is CC(C)CC(C)C(=O)NC(C)(C)CC(C)(C)C(=O)C(C)(C)N. The Morgan fingerprint density at radius 2 is 1.45 bits per heavy atom. The van der Waals surface area contributed by atoms with E-state index < -0.39 is 16.5 Å². The quantitative estimate of drug-likeness (QED) is 0.722. The molecule has 0 saturated heterocycles. The first-order valence-electron chi connectivity index (χ1n) is 8.24. The van der Waals surface area contributed by atoms with Crippen LogP contribution in [0.5, 0.6) is 0 Å². The first-order valence-corrected chi connectivity index (χ1v) is 8.24. The molecule has 1 unspecified atom stereocenters. The summed E-state index contributed by atoms with van der Waals surface area (Å²) in [7, 11) is 0. The number of carbonyl (C=O) groups is 2. The second-order valence-corrected chi connectivity index (χ2v) is 9.02. The molecule has 0 aromatic carbocycles. The van der Waals surface area contributed by atoms with Gasteiger partial charge in [0.05, 0.1) is 5.54 Å². The van der Waals surface area contributed by atoms with Gasteiger partial charge in [0.25, 0.3) is 0 Å². The van der Waals surface area contributed by atoms with Crippen LogP contribution in [0.25, 0.3) is 0 Å². The Bertz CT molecular complexity index is 404. The third-order valence-corrected chi connectivity index (χ3v) is 3.82. The highest BCUT2D eigenvalue weighted by Gasteiger charge is 2.40. The number of ketones is 1. The zero-order valence-electron chi connectivity index (χ0n) is 16.0. The van der Waals surface area contributed by atoms with Crippen LogP contribution in [-0.4, -0.2) is 22.8 Å². The summed E-state index contributed by atoms with van der Waals surface area (Å²) in [4.78, 5) is 24.8. The molecular formula is C18H36N2O2. The lowest BCUT2D eigenvalue weighted by atomic mass is 9.72. The molecule has 0 spiro atoms. The lowest BCUT2D eigenvalue weighted by Gasteiger charge is -2.38. The zero-order valence-corrected chi connectivity index (χ0v) is 16.0. The molecule has 0 heterocycles. The van der Waals surface area contributed by atoms with E-state index in [0.717, 1.165) is 6.42 Å². The number of hydrogen-bond acceptors (Lipinski definition) is 3. The number of nitrogens with two attached hydrogens (primary N) is 1. The molecule has 1 atom stereocenters. The third-order valence-electron chi connectivity index (χ3n) is 3.82. The summed E-state index contributed by atoms with van der Waals surface area (Å²) in [5.74, 6) is 0.524. The van der Waals surface area contributed by atoms with Crippen LogP contribution in [0.1, 0.15) is 75.2 Å². The Kier molecular flexibility index (Phi) is 6.83. The van der Waals surface area contributed by atoms with Crippen molar-refractivity contribution < 1.29 is 9.59 Å². The lowest BCUT2D eigenvalue weighted by Crippen LogP contribution is -2.54. The average molecular weight is 312 g/mol. The van der Waals surface area contributed by atoms with Crippen molar-refractivity contribution in [3.05, 3.63) is 0 Å². The Hall–Kier alpha value is -0.900. The van der Waals surface area contributed by atoms with Crippen LogP contribution in [0, 0.1) is 17.3 Å². The molecular weight excluding hydrogens is 276 g/mol. The summed E-state index contributed by atoms with van der Waals surface area (Å²) in [6.07, 6.45) is 1.42. The molecule has 0 radical (unpaired) electrons. The summed E-state index contributed by atoms with van der Waals surface area (Å²) in [5, 5.41) is 3.09. The van der Waals surface area contributed by atoms with Crippen molar-refractivity contribution in [2.45, 2.75) is 86.2 Å². The summed E-state index contributed by atoms with van der Waals surface area (Å²) >= 11 is 0. The van der Waals surface area contributed by atoms with E-state index in [2.05, 4.69) is 19.2 Å². The van der Waals surface area contributed by atoms with E-state index in [1.165, 1.54) is 0 Å². The molecule has 22 heavy (non-hydrogen) atoms. The fraction of sp³-hybridized carbons (Fsp3) is 0.889. The van der Waals surface area contributed by atoms with Crippen molar-refractivity contribution in [3.63, 3.8) is 0 Å². The monoisotopic (exact) mass is 312 g/mol. The van der Waals surface area contributed by atoms with E-state index in [-0.39, 0.29) is 17.6 Å². The second-order valence-electron chi connectivity index (χ2n) is 9.02. The minimum absolute atomic E-state index is 0.0116. The molecule has 4 nitrogen and oxygen atoms in total. The van der Waals surface area contributed by atoms with Gasteiger partial charge in [-0.2, -0.15) is 0 Å². The Morgan fingerprint density at radius 3 is 1.82 bits per heavy atom. The minimum Gasteiger partial charge on any atom is -0.351 e. The molecule has 3 N–H and O–H groups in total. The van der Waals surface area contributed by atoms with Crippen molar-refractivity contribution in [1.29, 1.82) is 0 Å². The van der Waals surface area contributed by atoms with Gasteiger partial charge in [0.1, 0.15) is 0 Å². The number of amides is 1. The molecule has 0 aliphatic rings. The van der Waals surface area contributed by atoms with Crippen molar-refractivity contribution in [3.8, 4) is 0 Å². The molecule has 0 saturated carbocycles. The maximum Gasteiger partial charge on any atom is 0.223 e. The summed E-state index contributed by atoms with van der Waals surface area (Å²) < 4.78 is 0. The van der Waals surface area contributed by atoms with Crippen LogP contribution in [0.2, 0.25) is 0 Å². The van der Waals surface area contributed by atoms with Gasteiger partial charge >= 0.3 is 0 Å². The standard InChI is InChI=1S/C18H36N2O2/c1-12(2)10-13(3)14(21)20-17(6,7)11-16(4,5)15(22)18(8,9)19/h12-13H,10-11,19H2,1-9H3,(H,20,21). The number of hydrogen-bond donors (Lipinski definition) is 2. The zero-order chi connectivity index (χ0) is 17.9. The second kappa shape index (κ2) is 7.12. The van der Waals surface area contributed by atoms with E-state index in [1.54, 1.807) is 13.8 Å². The van der Waals surface area contributed by atoms with Crippen molar-refractivity contribution in [2.24, 2.45) is 23.0 Å². The minimum atomic E-state index is -0.867. The third kappa shape index (κ3) is 6.91. The Morgan fingerprint density at radius 1 is 1.00 bits per heavy atom. The molecule has 0 bridgehead atoms. The van der Waals surface area contributed by atoms with E-state index >= 15 is 0 Å². The van der Waals surface area contributed by atoms with Crippen LogP contribution < -0.4 is 11.1 Å². The number of Topliss-reactive ketones (excluding diaryl/α,β-unsaturated/α-hetero) is 1. The molecule has 4 heteroatoms. The van der Waals surface area contributed by atoms with Crippen LogP contribution in [0.4, 0.5) is 0 Å². The highest BCUT2D eigenvalue weighted by molar-refractivity contribution is 5.92. The molecule has 0 fully saturated rings. The predicted octanol–water partition coefficient (Wildman–Crippen LogP) is 3.29. The summed E-state index contributed by atoms with van der Waals surface area (Å²) in [6.45, 7) is 17.4. The molecule has 0 aromatic rings. The van der Waals surface area contributed by atoms with Crippen LogP contribution in [0.3, 0.4) is 0 Å². The molecule has 130 valence electrons. The van der Waals surface area contributed by atoms with Gasteiger partial charge in [-0.1, -0.05) is 34.6 Å². The first-order chi connectivity index (χ1) is 9.58.